The minimum Gasteiger partial charge on any atom is -0.293 e. The molecule has 2 nitrogen and oxygen atoms in total. The summed E-state index contributed by atoms with van der Waals surface area (Å²) in [5, 5.41) is 0.645. The van der Waals surface area contributed by atoms with Crippen LogP contribution in [0.3, 0.4) is 0 Å². The van der Waals surface area contributed by atoms with E-state index in [4.69, 9.17) is 11.6 Å². The molecule has 0 N–H and O–H groups in total. The van der Waals surface area contributed by atoms with Gasteiger partial charge in [0.15, 0.2) is 10.1 Å². The summed E-state index contributed by atoms with van der Waals surface area (Å²) in [5.74, 6) is -0.112. The van der Waals surface area contributed by atoms with Gasteiger partial charge in [0.1, 0.15) is 5.82 Å². The van der Waals surface area contributed by atoms with E-state index in [1.807, 2.05) is 12.1 Å². The second-order valence-corrected chi connectivity index (χ2v) is 7.00. The zero-order valence-electron chi connectivity index (χ0n) is 10.7. The van der Waals surface area contributed by atoms with Gasteiger partial charge in [-0.25, -0.2) is 9.37 Å². The summed E-state index contributed by atoms with van der Waals surface area (Å²) >= 11 is 8.83. The van der Waals surface area contributed by atoms with Gasteiger partial charge in [-0.2, -0.15) is 0 Å². The predicted molar refractivity (Wildman–Crippen MR) is 86.1 cm³/mol. The third-order valence-electron chi connectivity index (χ3n) is 2.82. The smallest absolute Gasteiger partial charge is 0.173 e. The molecule has 0 fully saturated rings. The van der Waals surface area contributed by atoms with Crippen molar-refractivity contribution in [3.05, 3.63) is 58.9 Å². The molecule has 0 radical (unpaired) electrons. The van der Waals surface area contributed by atoms with Gasteiger partial charge in [0.05, 0.1) is 16.0 Å². The molecule has 0 aliphatic rings. The molecule has 0 atom stereocenters. The van der Waals surface area contributed by atoms with Crippen LogP contribution in [-0.4, -0.2) is 16.5 Å². The zero-order valence-corrected chi connectivity index (χ0v) is 13.1. The zero-order chi connectivity index (χ0) is 14.8. The molecule has 0 aliphatic heterocycles. The lowest BCUT2D eigenvalue weighted by molar-refractivity contribution is 0.102. The standard InChI is InChI=1S/C15H9ClFNOS2/c16-10-3-6-14-12(7-10)18-15(21-14)20-8-13(19)9-1-4-11(17)5-2-9/h1-7H,8H2. The minimum absolute atomic E-state index is 0.0442. The number of ketones is 1. The molecule has 0 amide bonds. The molecule has 106 valence electrons. The molecule has 0 spiro atoms. The summed E-state index contributed by atoms with van der Waals surface area (Å²) < 4.78 is 14.7. The van der Waals surface area contributed by atoms with Crippen LogP contribution in [0.15, 0.2) is 46.8 Å². The van der Waals surface area contributed by atoms with E-state index in [1.165, 1.54) is 47.4 Å². The number of carbonyl (C=O) groups excluding carboxylic acids is 1. The first-order valence-corrected chi connectivity index (χ1v) is 8.27. The molecule has 6 heteroatoms. The summed E-state index contributed by atoms with van der Waals surface area (Å²) in [4.78, 5) is 16.4. The Balaban J connectivity index is 1.71. The lowest BCUT2D eigenvalue weighted by Crippen LogP contribution is -2.01. The van der Waals surface area contributed by atoms with Crippen LogP contribution in [0.4, 0.5) is 4.39 Å². The molecule has 2 aromatic carbocycles. The number of fused-ring (bicyclic) bond motifs is 1. The van der Waals surface area contributed by atoms with Crippen LogP contribution in [0.25, 0.3) is 10.2 Å². The summed E-state index contributed by atoms with van der Waals surface area (Å²) in [7, 11) is 0. The number of thioether (sulfide) groups is 1. The Labute approximate surface area is 134 Å². The number of hydrogen-bond donors (Lipinski definition) is 0. The largest absolute Gasteiger partial charge is 0.293 e. The van der Waals surface area contributed by atoms with E-state index in [-0.39, 0.29) is 17.4 Å². The Morgan fingerprint density at radius 3 is 2.76 bits per heavy atom. The van der Waals surface area contributed by atoms with Crippen LogP contribution < -0.4 is 0 Å². The van der Waals surface area contributed by atoms with E-state index < -0.39 is 0 Å². The maximum absolute atomic E-state index is 12.8. The molecule has 3 rings (SSSR count). The summed E-state index contributed by atoms with van der Waals surface area (Å²) in [5.41, 5.74) is 1.34. The Morgan fingerprint density at radius 2 is 2.00 bits per heavy atom. The van der Waals surface area contributed by atoms with Gasteiger partial charge in [-0.15, -0.1) is 11.3 Å². The third-order valence-corrected chi connectivity index (χ3v) is 5.24. The van der Waals surface area contributed by atoms with Gasteiger partial charge in [0.25, 0.3) is 0 Å². The van der Waals surface area contributed by atoms with Crippen LogP contribution in [0, 0.1) is 5.82 Å². The van der Waals surface area contributed by atoms with E-state index >= 15 is 0 Å². The first-order chi connectivity index (χ1) is 10.1. The maximum atomic E-state index is 12.8. The molecule has 0 saturated carbocycles. The van der Waals surface area contributed by atoms with Crippen molar-refractivity contribution in [3.8, 4) is 0 Å². The second kappa shape index (κ2) is 6.13. The van der Waals surface area contributed by atoms with Crippen molar-refractivity contribution in [1.82, 2.24) is 4.98 Å². The van der Waals surface area contributed by atoms with Gasteiger partial charge in [-0.3, -0.25) is 4.79 Å². The highest BCUT2D eigenvalue weighted by atomic mass is 35.5. The number of thiazole rings is 1. The Morgan fingerprint density at radius 1 is 1.24 bits per heavy atom. The Kier molecular flexibility index (Phi) is 4.24. The van der Waals surface area contributed by atoms with Crippen LogP contribution >= 0.6 is 34.7 Å². The second-order valence-electron chi connectivity index (χ2n) is 4.31. The highest BCUT2D eigenvalue weighted by Gasteiger charge is 2.10. The monoisotopic (exact) mass is 337 g/mol. The Bertz CT molecular complexity index is 801. The van der Waals surface area contributed by atoms with Gasteiger partial charge in [0.2, 0.25) is 0 Å². The molecule has 0 bridgehead atoms. The van der Waals surface area contributed by atoms with Gasteiger partial charge in [-0.05, 0) is 42.5 Å². The summed E-state index contributed by atoms with van der Waals surface area (Å²) in [6.45, 7) is 0. The van der Waals surface area contributed by atoms with E-state index in [1.54, 1.807) is 6.07 Å². The number of nitrogens with zero attached hydrogens (tertiary/aromatic N) is 1. The van der Waals surface area contributed by atoms with Crippen LogP contribution in [0.1, 0.15) is 10.4 Å². The van der Waals surface area contributed by atoms with E-state index in [0.29, 0.717) is 10.6 Å². The van der Waals surface area contributed by atoms with Crippen molar-refractivity contribution >= 4 is 50.7 Å². The molecular weight excluding hydrogens is 329 g/mol. The van der Waals surface area contributed by atoms with Crippen molar-refractivity contribution in [2.75, 3.05) is 5.75 Å². The molecule has 0 unspecified atom stereocenters. The number of Topliss-reactive ketones (excluding diaryl/α,β-unsaturated/α-hetero) is 1. The fourth-order valence-electron chi connectivity index (χ4n) is 1.79. The predicted octanol–water partition coefficient (Wildman–Crippen LogP) is 5.06. The van der Waals surface area contributed by atoms with Crippen molar-refractivity contribution in [3.63, 3.8) is 0 Å². The molecule has 3 aromatic rings. The fraction of sp³-hybridized carbons (Fsp3) is 0.0667. The van der Waals surface area contributed by atoms with Gasteiger partial charge in [-0.1, -0.05) is 23.4 Å². The number of halogens is 2. The first kappa shape index (κ1) is 14.5. The van der Waals surface area contributed by atoms with Crippen LogP contribution in [0.2, 0.25) is 5.02 Å². The number of hydrogen-bond acceptors (Lipinski definition) is 4. The number of benzene rings is 2. The van der Waals surface area contributed by atoms with Crippen molar-refractivity contribution < 1.29 is 9.18 Å². The SMILES string of the molecule is O=C(CSc1nc2cc(Cl)ccc2s1)c1ccc(F)cc1. The van der Waals surface area contributed by atoms with Crippen LogP contribution in [0.5, 0.6) is 0 Å². The van der Waals surface area contributed by atoms with Crippen molar-refractivity contribution in [1.29, 1.82) is 0 Å². The molecule has 1 heterocycles. The lowest BCUT2D eigenvalue weighted by Gasteiger charge is -1.99. The third kappa shape index (κ3) is 3.43. The molecule has 21 heavy (non-hydrogen) atoms. The number of aromatic nitrogens is 1. The first-order valence-electron chi connectivity index (χ1n) is 6.09. The highest BCUT2D eigenvalue weighted by Crippen LogP contribution is 2.31. The maximum Gasteiger partial charge on any atom is 0.173 e. The van der Waals surface area contributed by atoms with E-state index in [9.17, 15) is 9.18 Å². The summed E-state index contributed by atoms with van der Waals surface area (Å²) in [6, 6.07) is 11.1. The van der Waals surface area contributed by atoms with Gasteiger partial charge < -0.3 is 0 Å². The molecule has 1 aromatic heterocycles. The Hall–Kier alpha value is -1.43. The van der Waals surface area contributed by atoms with Crippen LogP contribution in [-0.2, 0) is 0 Å². The normalized spacial score (nSPS) is 11.0. The van der Waals surface area contributed by atoms with Crippen molar-refractivity contribution in [2.45, 2.75) is 4.34 Å². The summed E-state index contributed by atoms with van der Waals surface area (Å²) in [6.07, 6.45) is 0. The minimum atomic E-state index is -0.345. The van der Waals surface area contributed by atoms with Crippen molar-refractivity contribution in [2.24, 2.45) is 0 Å². The van der Waals surface area contributed by atoms with Gasteiger partial charge in [0, 0.05) is 10.6 Å². The van der Waals surface area contributed by atoms with E-state index in [0.717, 1.165) is 14.6 Å². The fourth-order valence-corrected chi connectivity index (χ4v) is 3.90. The topological polar surface area (TPSA) is 30.0 Å². The number of carbonyl (C=O) groups is 1. The lowest BCUT2D eigenvalue weighted by atomic mass is 10.1. The molecule has 0 aliphatic carbocycles. The number of rotatable bonds is 4. The van der Waals surface area contributed by atoms with E-state index in [2.05, 4.69) is 4.98 Å². The average molecular weight is 338 g/mol. The highest BCUT2D eigenvalue weighted by molar-refractivity contribution is 8.01. The average Bonchev–Trinajstić information content (AvgIpc) is 2.87. The molecular formula is C15H9ClFNOS2. The quantitative estimate of drug-likeness (QED) is 0.492. The van der Waals surface area contributed by atoms with Gasteiger partial charge >= 0.3 is 0 Å². The molecule has 0 saturated heterocycles.